The van der Waals surface area contributed by atoms with Crippen molar-refractivity contribution in [2.75, 3.05) is 14.2 Å². The molecular formula is C9H15NO4. The first-order chi connectivity index (χ1) is 6.60. The van der Waals surface area contributed by atoms with Gasteiger partial charge in [0.05, 0.1) is 19.1 Å². The van der Waals surface area contributed by atoms with Crippen LogP contribution in [-0.4, -0.2) is 38.1 Å². The smallest absolute Gasteiger partial charge is 0.308 e. The molecule has 3 atom stereocenters. The number of rotatable bonds is 2. The quantitative estimate of drug-likeness (QED) is 0.608. The summed E-state index contributed by atoms with van der Waals surface area (Å²) < 4.78 is 9.57. The average molecular weight is 201 g/mol. The van der Waals surface area contributed by atoms with E-state index in [0.29, 0.717) is 12.8 Å². The van der Waals surface area contributed by atoms with Gasteiger partial charge < -0.3 is 15.2 Å². The minimum atomic E-state index is -0.613. The van der Waals surface area contributed by atoms with E-state index in [1.54, 1.807) is 0 Å². The van der Waals surface area contributed by atoms with E-state index >= 15 is 0 Å². The monoisotopic (exact) mass is 201 g/mol. The summed E-state index contributed by atoms with van der Waals surface area (Å²) in [6.45, 7) is 0. The highest BCUT2D eigenvalue weighted by atomic mass is 16.5. The van der Waals surface area contributed by atoms with Crippen molar-refractivity contribution in [2.45, 2.75) is 25.0 Å². The number of ketones is 1. The Morgan fingerprint density at radius 3 is 2.57 bits per heavy atom. The van der Waals surface area contributed by atoms with Crippen molar-refractivity contribution >= 4 is 11.8 Å². The maximum absolute atomic E-state index is 11.4. The number of esters is 1. The van der Waals surface area contributed by atoms with Crippen molar-refractivity contribution in [3.63, 3.8) is 0 Å². The third-order valence-electron chi connectivity index (χ3n) is 2.54. The number of ether oxygens (including phenoxy) is 2. The molecule has 0 aromatic rings. The lowest BCUT2D eigenvalue weighted by Crippen LogP contribution is -2.48. The fourth-order valence-electron chi connectivity index (χ4n) is 1.70. The van der Waals surface area contributed by atoms with Gasteiger partial charge in [-0.05, 0) is 12.8 Å². The van der Waals surface area contributed by atoms with E-state index in [4.69, 9.17) is 10.5 Å². The third-order valence-corrected chi connectivity index (χ3v) is 2.54. The number of hydrogen-bond acceptors (Lipinski definition) is 5. The van der Waals surface area contributed by atoms with Crippen molar-refractivity contribution in [3.8, 4) is 0 Å². The summed E-state index contributed by atoms with van der Waals surface area (Å²) in [5.41, 5.74) is 5.59. The Bertz CT molecular complexity index is 241. The van der Waals surface area contributed by atoms with Gasteiger partial charge in [0.25, 0.3) is 0 Å². The molecule has 1 rings (SSSR count). The Morgan fingerprint density at radius 1 is 1.43 bits per heavy atom. The standard InChI is InChI=1S/C9H15NO4/c1-13-7-4-5(9(12)14-2)3-6(10)8(7)11/h5-7H,3-4,10H2,1-2H3. The summed E-state index contributed by atoms with van der Waals surface area (Å²) in [5, 5.41) is 0. The first-order valence-corrected chi connectivity index (χ1v) is 4.50. The highest BCUT2D eigenvalue weighted by molar-refractivity contribution is 5.90. The number of methoxy groups -OCH3 is 2. The first-order valence-electron chi connectivity index (χ1n) is 4.50. The average Bonchev–Trinajstić information content (AvgIpc) is 2.20. The second-order valence-corrected chi connectivity index (χ2v) is 3.42. The van der Waals surface area contributed by atoms with Crippen LogP contribution in [0.2, 0.25) is 0 Å². The summed E-state index contributed by atoms with van der Waals surface area (Å²) >= 11 is 0. The highest BCUT2D eigenvalue weighted by Gasteiger charge is 2.38. The molecule has 2 N–H and O–H groups in total. The maximum atomic E-state index is 11.4. The van der Waals surface area contributed by atoms with Crippen molar-refractivity contribution in [1.29, 1.82) is 0 Å². The van der Waals surface area contributed by atoms with Crippen LogP contribution in [0, 0.1) is 5.92 Å². The van der Waals surface area contributed by atoms with Gasteiger partial charge >= 0.3 is 5.97 Å². The molecule has 1 aliphatic rings. The fraction of sp³-hybridized carbons (Fsp3) is 0.778. The van der Waals surface area contributed by atoms with E-state index in [-0.39, 0.29) is 17.7 Å². The topological polar surface area (TPSA) is 78.6 Å². The van der Waals surface area contributed by atoms with Crippen molar-refractivity contribution < 1.29 is 19.1 Å². The minimum absolute atomic E-state index is 0.132. The molecule has 5 heteroatoms. The van der Waals surface area contributed by atoms with Crippen LogP contribution in [0.5, 0.6) is 0 Å². The number of nitrogens with two attached hydrogens (primary N) is 1. The van der Waals surface area contributed by atoms with E-state index < -0.39 is 12.1 Å². The second-order valence-electron chi connectivity index (χ2n) is 3.42. The molecule has 0 amide bonds. The summed E-state index contributed by atoms with van der Waals surface area (Å²) in [4.78, 5) is 22.6. The third kappa shape index (κ3) is 2.10. The molecule has 0 aliphatic heterocycles. The SMILES string of the molecule is COC(=O)C1CC(N)C(=O)C(OC)C1. The van der Waals surface area contributed by atoms with Gasteiger partial charge in [-0.25, -0.2) is 0 Å². The Labute approximate surface area is 82.5 Å². The molecule has 1 fully saturated rings. The minimum Gasteiger partial charge on any atom is -0.469 e. The molecule has 0 saturated heterocycles. The molecule has 0 spiro atoms. The van der Waals surface area contributed by atoms with Crippen molar-refractivity contribution in [1.82, 2.24) is 0 Å². The van der Waals surface area contributed by atoms with Crippen LogP contribution in [0.4, 0.5) is 0 Å². The van der Waals surface area contributed by atoms with Crippen LogP contribution in [-0.2, 0) is 19.1 Å². The second kappa shape index (κ2) is 4.52. The van der Waals surface area contributed by atoms with Gasteiger partial charge in [0.15, 0.2) is 5.78 Å². The maximum Gasteiger partial charge on any atom is 0.308 e. The van der Waals surface area contributed by atoms with Crippen LogP contribution >= 0.6 is 0 Å². The molecule has 1 saturated carbocycles. The molecule has 5 nitrogen and oxygen atoms in total. The van der Waals surface area contributed by atoms with E-state index in [1.807, 2.05) is 0 Å². The van der Waals surface area contributed by atoms with Crippen LogP contribution < -0.4 is 5.73 Å². The molecule has 0 radical (unpaired) electrons. The van der Waals surface area contributed by atoms with Gasteiger partial charge in [-0.1, -0.05) is 0 Å². The van der Waals surface area contributed by atoms with Crippen LogP contribution in [0.25, 0.3) is 0 Å². The van der Waals surface area contributed by atoms with E-state index in [2.05, 4.69) is 4.74 Å². The summed E-state index contributed by atoms with van der Waals surface area (Å²) in [5.74, 6) is -0.777. The lowest BCUT2D eigenvalue weighted by atomic mass is 9.83. The van der Waals surface area contributed by atoms with E-state index in [1.165, 1.54) is 14.2 Å². The molecule has 14 heavy (non-hydrogen) atoms. The first kappa shape index (κ1) is 11.1. The lowest BCUT2D eigenvalue weighted by molar-refractivity contribution is -0.151. The van der Waals surface area contributed by atoms with E-state index in [9.17, 15) is 9.59 Å². The molecule has 3 unspecified atom stereocenters. The van der Waals surface area contributed by atoms with E-state index in [0.717, 1.165) is 0 Å². The number of carbonyl (C=O) groups excluding carboxylic acids is 2. The largest absolute Gasteiger partial charge is 0.469 e. The number of Topliss-reactive ketones (excluding diaryl/α,β-unsaturated/α-hetero) is 1. The Kier molecular flexibility index (Phi) is 3.60. The molecule has 0 aromatic carbocycles. The molecule has 0 bridgehead atoms. The summed E-state index contributed by atoms with van der Waals surface area (Å²) in [6.07, 6.45) is 0.156. The number of hydrogen-bond donors (Lipinski definition) is 1. The fourth-order valence-corrected chi connectivity index (χ4v) is 1.70. The van der Waals surface area contributed by atoms with Gasteiger partial charge in [0.2, 0.25) is 0 Å². The van der Waals surface area contributed by atoms with Gasteiger partial charge in [-0.3, -0.25) is 9.59 Å². The molecule has 0 aromatic heterocycles. The lowest BCUT2D eigenvalue weighted by Gasteiger charge is -2.29. The van der Waals surface area contributed by atoms with Crippen molar-refractivity contribution in [2.24, 2.45) is 11.7 Å². The van der Waals surface area contributed by atoms with Crippen LogP contribution in [0.15, 0.2) is 0 Å². The van der Waals surface area contributed by atoms with Crippen molar-refractivity contribution in [3.05, 3.63) is 0 Å². The predicted octanol–water partition coefficient (Wildman–Crippen LogP) is -0.519. The van der Waals surface area contributed by atoms with Gasteiger partial charge in [-0.15, -0.1) is 0 Å². The zero-order valence-corrected chi connectivity index (χ0v) is 8.36. The molecule has 1 aliphatic carbocycles. The van der Waals surface area contributed by atoms with Crippen LogP contribution in [0.1, 0.15) is 12.8 Å². The Hall–Kier alpha value is -0.940. The summed E-state index contributed by atoms with van der Waals surface area (Å²) in [6, 6.07) is -0.613. The molecule has 80 valence electrons. The zero-order valence-electron chi connectivity index (χ0n) is 8.36. The Morgan fingerprint density at radius 2 is 2.07 bits per heavy atom. The van der Waals surface area contributed by atoms with Crippen LogP contribution in [0.3, 0.4) is 0 Å². The number of carbonyl (C=O) groups is 2. The zero-order chi connectivity index (χ0) is 10.7. The van der Waals surface area contributed by atoms with Gasteiger partial charge in [-0.2, -0.15) is 0 Å². The highest BCUT2D eigenvalue weighted by Crippen LogP contribution is 2.24. The molecule has 0 heterocycles. The molecular weight excluding hydrogens is 186 g/mol. The predicted molar refractivity (Wildman–Crippen MR) is 48.5 cm³/mol. The summed E-state index contributed by atoms with van der Waals surface area (Å²) in [7, 11) is 2.76. The van der Waals surface area contributed by atoms with Gasteiger partial charge in [0, 0.05) is 7.11 Å². The van der Waals surface area contributed by atoms with Gasteiger partial charge in [0.1, 0.15) is 6.10 Å². The Balaban J connectivity index is 2.67. The normalized spacial score (nSPS) is 32.8.